The van der Waals surface area contributed by atoms with Gasteiger partial charge in [-0.3, -0.25) is 9.59 Å². The van der Waals surface area contributed by atoms with Gasteiger partial charge in [-0.2, -0.15) is 0 Å². The molecule has 6 heteroatoms. The Labute approximate surface area is 176 Å². The molecule has 1 N–H and O–H groups in total. The normalized spacial score (nSPS) is 26.3. The van der Waals surface area contributed by atoms with E-state index < -0.39 is 11.8 Å². The number of nitrogens with one attached hydrogen (secondary N) is 1. The Morgan fingerprint density at radius 2 is 1.87 bits per heavy atom. The van der Waals surface area contributed by atoms with Crippen LogP contribution in [0.4, 0.5) is 0 Å². The third-order valence-corrected chi connectivity index (χ3v) is 6.63. The van der Waals surface area contributed by atoms with Crippen molar-refractivity contribution in [3.8, 4) is 11.5 Å². The van der Waals surface area contributed by atoms with Gasteiger partial charge in [0.2, 0.25) is 6.79 Å². The highest BCUT2D eigenvalue weighted by Gasteiger charge is 2.44. The minimum absolute atomic E-state index is 0.0473. The number of carbonyl (C=O) groups is 2. The second-order valence-electron chi connectivity index (χ2n) is 8.58. The summed E-state index contributed by atoms with van der Waals surface area (Å²) in [5.41, 5.74) is 3.04. The number of hydrogen-bond acceptors (Lipinski definition) is 6. The summed E-state index contributed by atoms with van der Waals surface area (Å²) < 4.78 is 16.9. The highest BCUT2D eigenvalue weighted by molar-refractivity contribution is 6.00. The first-order valence-electron chi connectivity index (χ1n) is 10.9. The zero-order valence-corrected chi connectivity index (χ0v) is 17.1. The lowest BCUT2D eigenvalue weighted by atomic mass is 9.71. The van der Waals surface area contributed by atoms with Crippen molar-refractivity contribution in [1.29, 1.82) is 0 Å². The number of allylic oxidation sites excluding steroid dienone is 2. The Kier molecular flexibility index (Phi) is 5.01. The molecule has 0 aromatic heterocycles. The van der Waals surface area contributed by atoms with Gasteiger partial charge in [-0.1, -0.05) is 19.1 Å². The van der Waals surface area contributed by atoms with Gasteiger partial charge in [0.05, 0.1) is 0 Å². The number of ether oxygens (including phenoxy) is 3. The molecule has 6 nitrogen and oxygen atoms in total. The molecule has 1 fully saturated rings. The van der Waals surface area contributed by atoms with E-state index in [0.717, 1.165) is 49.8 Å². The minimum atomic E-state index is -0.645. The molecule has 1 saturated carbocycles. The van der Waals surface area contributed by atoms with E-state index in [4.69, 9.17) is 14.2 Å². The van der Waals surface area contributed by atoms with Gasteiger partial charge < -0.3 is 19.5 Å². The molecule has 0 amide bonds. The summed E-state index contributed by atoms with van der Waals surface area (Å²) in [7, 11) is 0. The van der Waals surface area contributed by atoms with Crippen LogP contribution < -0.4 is 14.8 Å². The van der Waals surface area contributed by atoms with Crippen LogP contribution in [0.5, 0.6) is 11.5 Å². The van der Waals surface area contributed by atoms with Crippen molar-refractivity contribution in [3.05, 3.63) is 47.3 Å². The van der Waals surface area contributed by atoms with Gasteiger partial charge >= 0.3 is 5.97 Å². The number of Topliss-reactive ketones (excluding diaryl/α,β-unsaturated/α-hetero) is 1. The largest absolute Gasteiger partial charge is 0.462 e. The molecule has 5 rings (SSSR count). The van der Waals surface area contributed by atoms with Crippen LogP contribution in [0.25, 0.3) is 0 Å². The molecule has 2 aliphatic heterocycles. The van der Waals surface area contributed by atoms with Gasteiger partial charge in [0.1, 0.15) is 12.0 Å². The van der Waals surface area contributed by atoms with E-state index in [1.807, 2.05) is 18.2 Å². The van der Waals surface area contributed by atoms with Crippen molar-refractivity contribution in [2.45, 2.75) is 63.4 Å². The molecule has 1 aromatic rings. The molecule has 0 radical (unpaired) electrons. The molecule has 0 bridgehead atoms. The van der Waals surface area contributed by atoms with Crippen molar-refractivity contribution in [1.82, 2.24) is 5.32 Å². The quantitative estimate of drug-likeness (QED) is 0.757. The van der Waals surface area contributed by atoms with Gasteiger partial charge in [0, 0.05) is 29.3 Å². The van der Waals surface area contributed by atoms with Crippen molar-refractivity contribution < 1.29 is 23.8 Å². The number of fused-ring (bicyclic) bond motifs is 1. The van der Waals surface area contributed by atoms with Gasteiger partial charge in [-0.05, 0) is 56.2 Å². The first-order chi connectivity index (χ1) is 14.6. The monoisotopic (exact) mass is 409 g/mol. The van der Waals surface area contributed by atoms with E-state index in [1.54, 1.807) is 0 Å². The number of hydrogen-bond donors (Lipinski definition) is 1. The standard InChI is InChI=1S/C24H27NO5/c1-14-21(24(27)30-16-6-3-2-4-7-16)22(23-17(25-14)8-5-9-18(23)26)15-10-11-19-20(12-15)29-13-28-19/h10-12,16,21-22,25H,1-9,13H2. The zero-order valence-electron chi connectivity index (χ0n) is 17.1. The number of carbonyl (C=O) groups excluding carboxylic acids is 2. The van der Waals surface area contributed by atoms with Gasteiger partial charge in [-0.25, -0.2) is 0 Å². The summed E-state index contributed by atoms with van der Waals surface area (Å²) in [6.07, 6.45) is 7.21. The molecule has 2 heterocycles. The van der Waals surface area contributed by atoms with Gasteiger partial charge in [0.15, 0.2) is 17.3 Å². The molecule has 4 aliphatic rings. The number of esters is 1. The van der Waals surface area contributed by atoms with Gasteiger partial charge in [0.25, 0.3) is 0 Å². The zero-order chi connectivity index (χ0) is 20.7. The second-order valence-corrected chi connectivity index (χ2v) is 8.58. The Balaban J connectivity index is 1.53. The predicted molar refractivity (Wildman–Crippen MR) is 110 cm³/mol. The number of rotatable bonds is 3. The molecular formula is C24H27NO5. The number of ketones is 1. The highest BCUT2D eigenvalue weighted by Crippen LogP contribution is 2.46. The molecule has 2 aliphatic carbocycles. The average Bonchev–Trinajstić information content (AvgIpc) is 3.21. The maximum absolute atomic E-state index is 13.4. The molecule has 2 atom stereocenters. The van der Waals surface area contributed by atoms with E-state index in [-0.39, 0.29) is 24.6 Å². The maximum atomic E-state index is 13.4. The van der Waals surface area contributed by atoms with Crippen molar-refractivity contribution in [2.24, 2.45) is 5.92 Å². The lowest BCUT2D eigenvalue weighted by Gasteiger charge is -2.39. The maximum Gasteiger partial charge on any atom is 0.316 e. The lowest BCUT2D eigenvalue weighted by molar-refractivity contribution is -0.155. The second kappa shape index (κ2) is 7.82. The fourth-order valence-electron chi connectivity index (χ4n) is 5.16. The third-order valence-electron chi connectivity index (χ3n) is 6.63. The summed E-state index contributed by atoms with van der Waals surface area (Å²) in [5.74, 6) is 0.0417. The summed E-state index contributed by atoms with van der Waals surface area (Å²) in [5, 5.41) is 3.28. The summed E-state index contributed by atoms with van der Waals surface area (Å²) in [6, 6.07) is 5.66. The smallest absolute Gasteiger partial charge is 0.316 e. The SMILES string of the molecule is C=C1NC2=C(C(=O)CCC2)C(c2ccc3c(c2)OCO3)C1C(=O)OC1CCCCC1. The Morgan fingerprint density at radius 3 is 2.70 bits per heavy atom. The van der Waals surface area contributed by atoms with E-state index in [9.17, 15) is 9.59 Å². The first-order valence-corrected chi connectivity index (χ1v) is 10.9. The molecule has 2 unspecified atom stereocenters. The van der Waals surface area contributed by atoms with E-state index in [2.05, 4.69) is 11.9 Å². The minimum Gasteiger partial charge on any atom is -0.462 e. The Hall–Kier alpha value is -2.76. The van der Waals surface area contributed by atoms with E-state index in [1.165, 1.54) is 6.42 Å². The molecule has 158 valence electrons. The molecule has 1 aromatic carbocycles. The van der Waals surface area contributed by atoms with Crippen molar-refractivity contribution in [3.63, 3.8) is 0 Å². The van der Waals surface area contributed by atoms with Gasteiger partial charge in [-0.15, -0.1) is 0 Å². The predicted octanol–water partition coefficient (Wildman–Crippen LogP) is 4.12. The average molecular weight is 409 g/mol. The van der Waals surface area contributed by atoms with Crippen LogP contribution >= 0.6 is 0 Å². The topological polar surface area (TPSA) is 73.9 Å². The summed E-state index contributed by atoms with van der Waals surface area (Å²) in [4.78, 5) is 26.3. The van der Waals surface area contributed by atoms with Crippen LogP contribution in [-0.2, 0) is 14.3 Å². The molecule has 0 saturated heterocycles. The van der Waals surface area contributed by atoms with Crippen LogP contribution in [-0.4, -0.2) is 24.6 Å². The molecule has 30 heavy (non-hydrogen) atoms. The third kappa shape index (κ3) is 3.38. The molecular weight excluding hydrogens is 382 g/mol. The van der Waals surface area contributed by atoms with Crippen LogP contribution in [0.1, 0.15) is 62.8 Å². The summed E-state index contributed by atoms with van der Waals surface area (Å²) >= 11 is 0. The van der Waals surface area contributed by atoms with Crippen LogP contribution in [0.3, 0.4) is 0 Å². The van der Waals surface area contributed by atoms with Crippen LogP contribution in [0, 0.1) is 5.92 Å². The van der Waals surface area contributed by atoms with Crippen molar-refractivity contribution in [2.75, 3.05) is 6.79 Å². The van der Waals surface area contributed by atoms with E-state index >= 15 is 0 Å². The lowest BCUT2D eigenvalue weighted by Crippen LogP contribution is -2.42. The number of benzene rings is 1. The first kappa shape index (κ1) is 19.2. The Morgan fingerprint density at radius 1 is 1.07 bits per heavy atom. The molecule has 0 spiro atoms. The Bertz CT molecular complexity index is 928. The van der Waals surface area contributed by atoms with Crippen LogP contribution in [0.15, 0.2) is 41.7 Å². The van der Waals surface area contributed by atoms with E-state index in [0.29, 0.717) is 29.2 Å². The fraction of sp³-hybridized carbons (Fsp3) is 0.500. The highest BCUT2D eigenvalue weighted by atomic mass is 16.7. The fourth-order valence-corrected chi connectivity index (χ4v) is 5.16. The van der Waals surface area contributed by atoms with Crippen LogP contribution in [0.2, 0.25) is 0 Å². The van der Waals surface area contributed by atoms with Crippen molar-refractivity contribution >= 4 is 11.8 Å². The summed E-state index contributed by atoms with van der Waals surface area (Å²) in [6.45, 7) is 4.34.